The van der Waals surface area contributed by atoms with Gasteiger partial charge in [0, 0.05) is 24.9 Å². The summed E-state index contributed by atoms with van der Waals surface area (Å²) < 4.78 is 5.19. The van der Waals surface area contributed by atoms with Crippen molar-refractivity contribution in [2.24, 2.45) is 5.92 Å². The van der Waals surface area contributed by atoms with Crippen molar-refractivity contribution in [1.29, 1.82) is 0 Å². The van der Waals surface area contributed by atoms with Gasteiger partial charge in [-0.15, -0.1) is 0 Å². The van der Waals surface area contributed by atoms with E-state index in [9.17, 15) is 4.79 Å². The average molecular weight is 249 g/mol. The number of aromatic nitrogens is 2. The number of piperidine rings is 1. The Morgan fingerprint density at radius 1 is 1.39 bits per heavy atom. The first-order chi connectivity index (χ1) is 8.70. The summed E-state index contributed by atoms with van der Waals surface area (Å²) in [5.74, 6) is 1.14. The summed E-state index contributed by atoms with van der Waals surface area (Å²) >= 11 is 0. The van der Waals surface area contributed by atoms with Crippen LogP contribution in [-0.2, 0) is 11.3 Å². The molecule has 5 nitrogen and oxygen atoms in total. The highest BCUT2D eigenvalue weighted by atomic mass is 16.5. The number of nitrogens with zero attached hydrogens (tertiary/aromatic N) is 3. The number of carbonyl (C=O) groups excluding carboxylic acids is 1. The van der Waals surface area contributed by atoms with Crippen LogP contribution < -0.4 is 4.74 Å². The predicted molar refractivity (Wildman–Crippen MR) is 67.3 cm³/mol. The van der Waals surface area contributed by atoms with Crippen LogP contribution in [0.25, 0.3) is 0 Å². The molecule has 1 aromatic rings. The number of likely N-dealkylation sites (tertiary alicyclic amines) is 1. The van der Waals surface area contributed by atoms with Gasteiger partial charge in [0.1, 0.15) is 11.5 Å². The number of ether oxygens (including phenoxy) is 1. The van der Waals surface area contributed by atoms with Crippen LogP contribution in [-0.4, -0.2) is 40.9 Å². The molecule has 1 aliphatic heterocycles. The first kappa shape index (κ1) is 13.0. The Hall–Kier alpha value is -1.49. The molecule has 1 saturated heterocycles. The molecule has 1 aliphatic rings. The van der Waals surface area contributed by atoms with Crippen LogP contribution >= 0.6 is 0 Å². The highest BCUT2D eigenvalue weighted by Gasteiger charge is 2.23. The van der Waals surface area contributed by atoms with E-state index in [-0.39, 0.29) is 5.92 Å². The van der Waals surface area contributed by atoms with Crippen molar-refractivity contribution < 1.29 is 9.53 Å². The second-order valence-corrected chi connectivity index (χ2v) is 4.67. The number of carbonyl (C=O) groups is 1. The molecular formula is C13H19N3O2. The van der Waals surface area contributed by atoms with Crippen molar-refractivity contribution >= 4 is 5.78 Å². The van der Waals surface area contributed by atoms with Crippen LogP contribution in [0.2, 0.25) is 0 Å². The number of methoxy groups -OCH3 is 1. The van der Waals surface area contributed by atoms with Crippen LogP contribution in [0.5, 0.6) is 5.88 Å². The van der Waals surface area contributed by atoms with E-state index in [0.29, 0.717) is 11.7 Å². The SMILES string of the molecule is COc1nccnc1CN1CCC(C(C)=O)CC1. The van der Waals surface area contributed by atoms with Crippen molar-refractivity contribution in [1.82, 2.24) is 14.9 Å². The van der Waals surface area contributed by atoms with Crippen molar-refractivity contribution in [3.8, 4) is 5.88 Å². The molecule has 0 N–H and O–H groups in total. The van der Waals surface area contributed by atoms with Gasteiger partial charge in [0.25, 0.3) is 0 Å². The third kappa shape index (κ3) is 3.04. The minimum Gasteiger partial charge on any atom is -0.480 e. The molecule has 2 heterocycles. The zero-order valence-corrected chi connectivity index (χ0v) is 10.9. The molecule has 0 bridgehead atoms. The van der Waals surface area contributed by atoms with Crippen molar-refractivity contribution in [3.63, 3.8) is 0 Å². The van der Waals surface area contributed by atoms with Crippen molar-refractivity contribution in [2.45, 2.75) is 26.3 Å². The summed E-state index contributed by atoms with van der Waals surface area (Å²) in [6.45, 7) is 4.29. The van der Waals surface area contributed by atoms with Crippen molar-refractivity contribution in [3.05, 3.63) is 18.1 Å². The lowest BCUT2D eigenvalue weighted by Crippen LogP contribution is -2.35. The number of rotatable bonds is 4. The highest BCUT2D eigenvalue weighted by molar-refractivity contribution is 5.78. The summed E-state index contributed by atoms with van der Waals surface area (Å²) in [4.78, 5) is 22.0. The molecular weight excluding hydrogens is 230 g/mol. The lowest BCUT2D eigenvalue weighted by molar-refractivity contribution is -0.122. The van der Waals surface area contributed by atoms with Gasteiger partial charge in [0.05, 0.1) is 7.11 Å². The van der Waals surface area contributed by atoms with Gasteiger partial charge >= 0.3 is 0 Å². The third-order valence-corrected chi connectivity index (χ3v) is 3.46. The number of Topliss-reactive ketones (excluding diaryl/α,β-unsaturated/α-hetero) is 1. The largest absolute Gasteiger partial charge is 0.480 e. The molecule has 0 atom stereocenters. The summed E-state index contributed by atoms with van der Waals surface area (Å²) in [5, 5.41) is 0. The van der Waals surface area contributed by atoms with Gasteiger partial charge in [-0.1, -0.05) is 0 Å². The third-order valence-electron chi connectivity index (χ3n) is 3.46. The summed E-state index contributed by atoms with van der Waals surface area (Å²) in [5.41, 5.74) is 0.862. The van der Waals surface area contributed by atoms with E-state index < -0.39 is 0 Å². The van der Waals surface area contributed by atoms with E-state index >= 15 is 0 Å². The molecule has 1 fully saturated rings. The first-order valence-electron chi connectivity index (χ1n) is 6.27. The Morgan fingerprint density at radius 3 is 2.67 bits per heavy atom. The van der Waals surface area contributed by atoms with E-state index in [1.54, 1.807) is 26.4 Å². The lowest BCUT2D eigenvalue weighted by atomic mass is 9.93. The Bertz CT molecular complexity index is 414. The average Bonchev–Trinajstić information content (AvgIpc) is 2.40. The van der Waals surface area contributed by atoms with Crippen LogP contribution in [0.15, 0.2) is 12.4 Å². The molecule has 0 radical (unpaired) electrons. The number of ketones is 1. The standard InChI is InChI=1S/C13H19N3O2/c1-10(17)11-3-7-16(8-4-11)9-12-13(18-2)15-6-5-14-12/h5-6,11H,3-4,7-9H2,1-2H3. The maximum absolute atomic E-state index is 11.3. The summed E-state index contributed by atoms with van der Waals surface area (Å²) in [7, 11) is 1.61. The molecule has 0 aliphatic carbocycles. The Balaban J connectivity index is 1.93. The first-order valence-corrected chi connectivity index (χ1v) is 6.27. The number of hydrogen-bond donors (Lipinski definition) is 0. The molecule has 98 valence electrons. The summed E-state index contributed by atoms with van der Waals surface area (Å²) in [6, 6.07) is 0. The maximum atomic E-state index is 11.3. The van der Waals surface area contributed by atoms with Gasteiger partial charge in [-0.25, -0.2) is 4.98 Å². The predicted octanol–water partition coefficient (Wildman–Crippen LogP) is 1.29. The van der Waals surface area contributed by atoms with Gasteiger partial charge < -0.3 is 4.74 Å². The van der Waals surface area contributed by atoms with Crippen LogP contribution in [0.4, 0.5) is 0 Å². The van der Waals surface area contributed by atoms with Crippen LogP contribution in [0.3, 0.4) is 0 Å². The fourth-order valence-electron chi connectivity index (χ4n) is 2.34. The topological polar surface area (TPSA) is 55.3 Å². The zero-order chi connectivity index (χ0) is 13.0. The molecule has 0 amide bonds. The normalized spacial score (nSPS) is 17.7. The van der Waals surface area contributed by atoms with E-state index in [1.807, 2.05) is 0 Å². The molecule has 0 aromatic carbocycles. The maximum Gasteiger partial charge on any atom is 0.236 e. The quantitative estimate of drug-likeness (QED) is 0.804. The smallest absolute Gasteiger partial charge is 0.236 e. The Kier molecular flexibility index (Phi) is 4.25. The van der Waals surface area contributed by atoms with Crippen LogP contribution in [0, 0.1) is 5.92 Å². The molecule has 5 heteroatoms. The van der Waals surface area contributed by atoms with Gasteiger partial charge in [-0.3, -0.25) is 14.7 Å². The fraction of sp³-hybridized carbons (Fsp3) is 0.615. The highest BCUT2D eigenvalue weighted by Crippen LogP contribution is 2.21. The lowest BCUT2D eigenvalue weighted by Gasteiger charge is -2.30. The molecule has 2 rings (SSSR count). The minimum absolute atomic E-state index is 0.241. The minimum atomic E-state index is 0.241. The number of hydrogen-bond acceptors (Lipinski definition) is 5. The monoisotopic (exact) mass is 249 g/mol. The van der Waals surface area contributed by atoms with E-state index in [2.05, 4.69) is 14.9 Å². The molecule has 1 aromatic heterocycles. The van der Waals surface area contributed by atoms with E-state index in [0.717, 1.165) is 38.2 Å². The van der Waals surface area contributed by atoms with Gasteiger partial charge in [0.15, 0.2) is 0 Å². The summed E-state index contributed by atoms with van der Waals surface area (Å²) in [6.07, 6.45) is 5.19. The second kappa shape index (κ2) is 5.91. The van der Waals surface area contributed by atoms with Gasteiger partial charge in [-0.2, -0.15) is 0 Å². The van der Waals surface area contributed by atoms with Crippen molar-refractivity contribution in [2.75, 3.05) is 20.2 Å². The van der Waals surface area contributed by atoms with Crippen LogP contribution in [0.1, 0.15) is 25.5 Å². The van der Waals surface area contributed by atoms with Gasteiger partial charge in [0.2, 0.25) is 5.88 Å². The zero-order valence-electron chi connectivity index (χ0n) is 10.9. The Labute approximate surface area is 107 Å². The molecule has 0 spiro atoms. The molecule has 18 heavy (non-hydrogen) atoms. The molecule has 0 saturated carbocycles. The molecule has 0 unspecified atom stereocenters. The van der Waals surface area contributed by atoms with Gasteiger partial charge in [-0.05, 0) is 32.9 Å². The van der Waals surface area contributed by atoms with E-state index in [4.69, 9.17) is 4.74 Å². The van der Waals surface area contributed by atoms with E-state index in [1.165, 1.54) is 0 Å². The fourth-order valence-corrected chi connectivity index (χ4v) is 2.34. The second-order valence-electron chi connectivity index (χ2n) is 4.67. The Morgan fingerprint density at radius 2 is 2.06 bits per heavy atom.